The van der Waals surface area contributed by atoms with E-state index in [0.717, 1.165) is 19.2 Å². The Morgan fingerprint density at radius 3 is 2.19 bits per heavy atom. The van der Waals surface area contributed by atoms with E-state index in [1.54, 1.807) is 0 Å². The van der Waals surface area contributed by atoms with Crippen LogP contribution in [-0.4, -0.2) is 19.1 Å². The van der Waals surface area contributed by atoms with Crippen molar-refractivity contribution < 1.29 is 18.3 Å². The van der Waals surface area contributed by atoms with Crippen molar-refractivity contribution in [2.24, 2.45) is 0 Å². The van der Waals surface area contributed by atoms with E-state index in [1.165, 1.54) is 0 Å². The minimum Gasteiger partial charge on any atom is -0.465 e. The van der Waals surface area contributed by atoms with Gasteiger partial charge in [-0.15, -0.1) is 0 Å². The highest BCUT2D eigenvalue weighted by Gasteiger charge is 2.19. The summed E-state index contributed by atoms with van der Waals surface area (Å²) in [5, 5.41) is 2.84. The van der Waals surface area contributed by atoms with Crippen molar-refractivity contribution in [2.75, 3.05) is 12.4 Å². The first kappa shape index (κ1) is 12.4. The molecule has 0 bridgehead atoms. The number of methoxy groups -OCH3 is 1. The first-order valence-electron chi connectivity index (χ1n) is 4.79. The Bertz CT molecular complexity index is 382. The molecule has 0 atom stereocenters. The second kappa shape index (κ2) is 4.92. The van der Waals surface area contributed by atoms with Crippen LogP contribution in [0.3, 0.4) is 0 Å². The van der Waals surface area contributed by atoms with E-state index in [0.29, 0.717) is 0 Å². The zero-order chi connectivity index (χ0) is 12.3. The predicted octanol–water partition coefficient (Wildman–Crippen LogP) is 2.57. The van der Waals surface area contributed by atoms with Gasteiger partial charge in [0.2, 0.25) is 0 Å². The van der Waals surface area contributed by atoms with Crippen LogP contribution < -0.4 is 5.32 Å². The third-order valence-electron chi connectivity index (χ3n) is 1.89. The summed E-state index contributed by atoms with van der Waals surface area (Å²) in [5.74, 6) is -2.89. The Morgan fingerprint density at radius 1 is 1.31 bits per heavy atom. The van der Waals surface area contributed by atoms with Gasteiger partial charge in [0.15, 0.2) is 0 Å². The molecule has 0 aromatic heterocycles. The molecule has 0 saturated heterocycles. The second-order valence-electron chi connectivity index (χ2n) is 3.61. The molecule has 3 nitrogen and oxygen atoms in total. The summed E-state index contributed by atoms with van der Waals surface area (Å²) in [6, 6.07) is 2.17. The number of ether oxygens (including phenoxy) is 1. The maximum Gasteiger partial charge on any atom is 0.343 e. The molecule has 0 aliphatic rings. The van der Waals surface area contributed by atoms with E-state index in [-0.39, 0.29) is 11.7 Å². The molecule has 0 saturated carbocycles. The molecule has 0 heterocycles. The van der Waals surface area contributed by atoms with Crippen molar-refractivity contribution in [2.45, 2.75) is 19.9 Å². The maximum atomic E-state index is 13.4. The molecule has 0 aliphatic heterocycles. The normalized spacial score (nSPS) is 10.4. The molecule has 0 unspecified atom stereocenters. The number of carbonyl (C=O) groups is 1. The van der Waals surface area contributed by atoms with Crippen molar-refractivity contribution in [3.05, 3.63) is 29.3 Å². The van der Waals surface area contributed by atoms with Gasteiger partial charge in [-0.25, -0.2) is 13.6 Å². The number of esters is 1. The van der Waals surface area contributed by atoms with Crippen LogP contribution in [0.15, 0.2) is 12.1 Å². The molecule has 88 valence electrons. The summed E-state index contributed by atoms with van der Waals surface area (Å²) in [5.41, 5.74) is -0.380. The van der Waals surface area contributed by atoms with Gasteiger partial charge in [0, 0.05) is 11.7 Å². The molecule has 0 spiro atoms. The molecular formula is C11H13F2NO2. The first-order valence-corrected chi connectivity index (χ1v) is 4.79. The van der Waals surface area contributed by atoms with E-state index >= 15 is 0 Å². The standard InChI is InChI=1S/C11H13F2NO2/c1-6(2)14-7-4-8(12)10(9(13)5-7)11(15)16-3/h4-6,14H,1-3H3. The summed E-state index contributed by atoms with van der Waals surface area (Å²) in [7, 11) is 1.07. The lowest BCUT2D eigenvalue weighted by atomic mass is 10.1. The Morgan fingerprint density at radius 2 is 1.81 bits per heavy atom. The van der Waals surface area contributed by atoms with E-state index in [9.17, 15) is 13.6 Å². The lowest BCUT2D eigenvalue weighted by Gasteiger charge is -2.11. The number of rotatable bonds is 3. The average molecular weight is 229 g/mol. The van der Waals surface area contributed by atoms with Crippen LogP contribution in [0.4, 0.5) is 14.5 Å². The highest BCUT2D eigenvalue weighted by Crippen LogP contribution is 2.20. The lowest BCUT2D eigenvalue weighted by molar-refractivity contribution is 0.0590. The van der Waals surface area contributed by atoms with Crippen LogP contribution in [0.25, 0.3) is 0 Å². The van der Waals surface area contributed by atoms with Crippen molar-refractivity contribution >= 4 is 11.7 Å². The number of hydrogen-bond donors (Lipinski definition) is 1. The summed E-state index contributed by atoms with van der Waals surface area (Å²) in [6.07, 6.45) is 0. The van der Waals surface area contributed by atoms with Crippen LogP contribution in [0, 0.1) is 11.6 Å². The fraction of sp³-hybridized carbons (Fsp3) is 0.364. The predicted molar refractivity (Wildman–Crippen MR) is 56.5 cm³/mol. The third kappa shape index (κ3) is 2.68. The number of carbonyl (C=O) groups excluding carboxylic acids is 1. The van der Waals surface area contributed by atoms with Gasteiger partial charge < -0.3 is 10.1 Å². The molecule has 1 rings (SSSR count). The molecule has 0 aliphatic carbocycles. The van der Waals surface area contributed by atoms with Gasteiger partial charge in [0.1, 0.15) is 17.2 Å². The largest absolute Gasteiger partial charge is 0.465 e. The number of halogens is 2. The van der Waals surface area contributed by atoms with Crippen LogP contribution in [0.5, 0.6) is 0 Å². The quantitative estimate of drug-likeness (QED) is 0.809. The molecule has 1 aromatic carbocycles. The van der Waals surface area contributed by atoms with E-state index in [1.807, 2.05) is 13.8 Å². The van der Waals surface area contributed by atoms with Crippen LogP contribution in [0.2, 0.25) is 0 Å². The van der Waals surface area contributed by atoms with Crippen molar-refractivity contribution in [3.63, 3.8) is 0 Å². The van der Waals surface area contributed by atoms with Crippen LogP contribution >= 0.6 is 0 Å². The number of hydrogen-bond acceptors (Lipinski definition) is 3. The van der Waals surface area contributed by atoms with Gasteiger partial charge in [0.05, 0.1) is 7.11 Å². The number of nitrogens with one attached hydrogen (secondary N) is 1. The summed E-state index contributed by atoms with van der Waals surface area (Å²) < 4.78 is 31.1. The minimum atomic E-state index is -1.02. The third-order valence-corrected chi connectivity index (χ3v) is 1.89. The summed E-state index contributed by atoms with van der Waals surface area (Å²) in [4.78, 5) is 11.1. The Hall–Kier alpha value is -1.65. The molecule has 0 amide bonds. The van der Waals surface area contributed by atoms with Gasteiger partial charge in [-0.1, -0.05) is 0 Å². The second-order valence-corrected chi connectivity index (χ2v) is 3.61. The molecule has 0 radical (unpaired) electrons. The maximum absolute atomic E-state index is 13.4. The van der Waals surface area contributed by atoms with Gasteiger partial charge in [-0.3, -0.25) is 0 Å². The van der Waals surface area contributed by atoms with Gasteiger partial charge in [-0.2, -0.15) is 0 Å². The summed E-state index contributed by atoms with van der Waals surface area (Å²) >= 11 is 0. The Kier molecular flexibility index (Phi) is 3.82. The molecule has 5 heteroatoms. The molecule has 1 N–H and O–H groups in total. The number of benzene rings is 1. The fourth-order valence-corrected chi connectivity index (χ4v) is 1.29. The topological polar surface area (TPSA) is 38.3 Å². The summed E-state index contributed by atoms with van der Waals surface area (Å²) in [6.45, 7) is 3.67. The van der Waals surface area contributed by atoms with Crippen LogP contribution in [-0.2, 0) is 4.74 Å². The average Bonchev–Trinajstić information content (AvgIpc) is 2.15. The Labute approximate surface area is 92.4 Å². The van der Waals surface area contributed by atoms with Gasteiger partial charge >= 0.3 is 5.97 Å². The number of anilines is 1. The molecule has 1 aromatic rings. The Balaban J connectivity index is 3.12. The SMILES string of the molecule is COC(=O)c1c(F)cc(NC(C)C)cc1F. The fourth-order valence-electron chi connectivity index (χ4n) is 1.29. The van der Waals surface area contributed by atoms with Crippen molar-refractivity contribution in [3.8, 4) is 0 Å². The smallest absolute Gasteiger partial charge is 0.343 e. The van der Waals surface area contributed by atoms with E-state index in [2.05, 4.69) is 10.1 Å². The molecule has 0 fully saturated rings. The first-order chi connectivity index (χ1) is 7.45. The van der Waals surface area contributed by atoms with Gasteiger partial charge in [-0.05, 0) is 26.0 Å². The monoisotopic (exact) mass is 229 g/mol. The highest BCUT2D eigenvalue weighted by atomic mass is 19.1. The van der Waals surface area contributed by atoms with Crippen molar-refractivity contribution in [1.29, 1.82) is 0 Å². The molecule has 16 heavy (non-hydrogen) atoms. The van der Waals surface area contributed by atoms with Crippen molar-refractivity contribution in [1.82, 2.24) is 0 Å². The lowest BCUT2D eigenvalue weighted by Crippen LogP contribution is -2.13. The minimum absolute atomic E-state index is 0.0442. The molecular weight excluding hydrogens is 216 g/mol. The van der Waals surface area contributed by atoms with Crippen LogP contribution in [0.1, 0.15) is 24.2 Å². The zero-order valence-electron chi connectivity index (χ0n) is 9.30. The highest BCUT2D eigenvalue weighted by molar-refractivity contribution is 5.90. The van der Waals surface area contributed by atoms with Gasteiger partial charge in [0.25, 0.3) is 0 Å². The van der Waals surface area contributed by atoms with E-state index in [4.69, 9.17) is 0 Å². The zero-order valence-corrected chi connectivity index (χ0v) is 9.30. The van der Waals surface area contributed by atoms with E-state index < -0.39 is 23.2 Å².